The second-order valence-corrected chi connectivity index (χ2v) is 6.05. The molecule has 1 saturated carbocycles. The van der Waals surface area contributed by atoms with E-state index in [1.807, 2.05) is 13.0 Å². The highest BCUT2D eigenvalue weighted by atomic mass is 14.9. The van der Waals surface area contributed by atoms with Crippen molar-refractivity contribution in [3.8, 4) is 0 Å². The second kappa shape index (κ2) is 19.1. The van der Waals surface area contributed by atoms with Crippen LogP contribution in [-0.4, -0.2) is 32.7 Å². The average Bonchev–Trinajstić information content (AvgIpc) is 2.60. The van der Waals surface area contributed by atoms with Gasteiger partial charge in [-0.1, -0.05) is 50.1 Å². The van der Waals surface area contributed by atoms with Crippen molar-refractivity contribution in [1.29, 1.82) is 0 Å². The van der Waals surface area contributed by atoms with Crippen LogP contribution in [-0.2, 0) is 0 Å². The highest BCUT2D eigenvalue weighted by Gasteiger charge is 2.11. The summed E-state index contributed by atoms with van der Waals surface area (Å²) in [5.41, 5.74) is 6.95. The molecule has 23 heavy (non-hydrogen) atoms. The van der Waals surface area contributed by atoms with Gasteiger partial charge in [0.05, 0.1) is 0 Å². The molecule has 0 aromatic heterocycles. The summed E-state index contributed by atoms with van der Waals surface area (Å²) < 4.78 is 0. The molecule has 0 bridgehead atoms. The van der Waals surface area contributed by atoms with Crippen molar-refractivity contribution in [1.82, 2.24) is 10.6 Å². The molecular formula is C20H41N3. The third-order valence-electron chi connectivity index (χ3n) is 3.79. The summed E-state index contributed by atoms with van der Waals surface area (Å²) in [6.07, 6.45) is 12.1. The maximum absolute atomic E-state index is 4.50. The van der Waals surface area contributed by atoms with Gasteiger partial charge < -0.3 is 16.4 Å². The smallest absolute Gasteiger partial charge is 0.0199 e. The van der Waals surface area contributed by atoms with E-state index in [1.165, 1.54) is 51.1 Å². The monoisotopic (exact) mass is 323 g/mol. The van der Waals surface area contributed by atoms with Gasteiger partial charge in [0.1, 0.15) is 0 Å². The minimum absolute atomic E-state index is 0.789. The molecule has 0 spiro atoms. The molecule has 1 aliphatic rings. The van der Waals surface area contributed by atoms with Crippen LogP contribution in [0, 0.1) is 0 Å². The molecule has 1 rings (SSSR count). The van der Waals surface area contributed by atoms with Crippen molar-refractivity contribution in [3.63, 3.8) is 0 Å². The van der Waals surface area contributed by atoms with E-state index < -0.39 is 0 Å². The van der Waals surface area contributed by atoms with E-state index in [9.17, 15) is 0 Å². The summed E-state index contributed by atoms with van der Waals surface area (Å²) >= 11 is 0. The van der Waals surface area contributed by atoms with Crippen molar-refractivity contribution in [3.05, 3.63) is 36.5 Å². The number of hydrogen-bond acceptors (Lipinski definition) is 3. The fraction of sp³-hybridized carbons (Fsp3) is 0.700. The molecule has 0 unspecified atom stereocenters. The van der Waals surface area contributed by atoms with Crippen LogP contribution in [0.2, 0.25) is 0 Å². The Morgan fingerprint density at radius 2 is 1.70 bits per heavy atom. The lowest BCUT2D eigenvalue weighted by atomic mass is 9.95. The molecule has 0 aromatic rings. The molecule has 3 heteroatoms. The van der Waals surface area contributed by atoms with Gasteiger partial charge in [-0.15, -0.1) is 0 Å². The van der Waals surface area contributed by atoms with Gasteiger partial charge in [-0.05, 0) is 65.7 Å². The summed E-state index contributed by atoms with van der Waals surface area (Å²) in [5.74, 6) is 0. The quantitative estimate of drug-likeness (QED) is 0.357. The Kier molecular flexibility index (Phi) is 20.3. The van der Waals surface area contributed by atoms with Crippen LogP contribution in [0.5, 0.6) is 0 Å². The number of rotatable bonds is 8. The van der Waals surface area contributed by atoms with Gasteiger partial charge in [0.25, 0.3) is 0 Å². The number of nitrogens with one attached hydrogen (secondary N) is 2. The van der Waals surface area contributed by atoms with Crippen molar-refractivity contribution in [2.75, 3.05) is 26.7 Å². The molecule has 4 N–H and O–H groups in total. The van der Waals surface area contributed by atoms with Crippen molar-refractivity contribution >= 4 is 0 Å². The minimum atomic E-state index is 0.789. The molecule has 1 fully saturated rings. The van der Waals surface area contributed by atoms with Crippen molar-refractivity contribution < 1.29 is 0 Å². The van der Waals surface area contributed by atoms with Gasteiger partial charge in [-0.2, -0.15) is 0 Å². The van der Waals surface area contributed by atoms with Crippen LogP contribution < -0.4 is 16.4 Å². The third-order valence-corrected chi connectivity index (χ3v) is 3.79. The van der Waals surface area contributed by atoms with E-state index in [4.69, 9.17) is 0 Å². The van der Waals surface area contributed by atoms with Crippen LogP contribution >= 0.6 is 0 Å². The summed E-state index contributed by atoms with van der Waals surface area (Å²) in [5, 5.41) is 7.00. The first kappa shape index (κ1) is 24.4. The lowest BCUT2D eigenvalue weighted by molar-refractivity contribution is 0.371. The average molecular weight is 324 g/mol. The summed E-state index contributed by atoms with van der Waals surface area (Å²) in [6.45, 7) is 16.8. The predicted octanol–water partition coefficient (Wildman–Crippen LogP) is 4.18. The van der Waals surface area contributed by atoms with Crippen molar-refractivity contribution in [2.24, 2.45) is 5.73 Å². The van der Waals surface area contributed by atoms with Crippen molar-refractivity contribution in [2.45, 2.75) is 65.3 Å². The Balaban J connectivity index is 0. The standard InChI is InChI=1S/C14H26N2.C5H10.CH5N/c1-3-13(2)12-15-10-7-11-16-14-8-5-4-6-9-14;1-4-5(2)3;1-2/h3,14-16H,1-2,4-12H2;4H,1-3H3;2H2,1H3. The molecule has 0 aromatic carbocycles. The number of nitrogens with two attached hydrogens (primary N) is 1. The zero-order chi connectivity index (χ0) is 17.9. The molecule has 0 aliphatic heterocycles. The first-order valence-corrected chi connectivity index (χ1v) is 9.01. The minimum Gasteiger partial charge on any atom is -0.333 e. The molecule has 136 valence electrons. The van der Waals surface area contributed by atoms with E-state index in [-0.39, 0.29) is 0 Å². The van der Waals surface area contributed by atoms with Gasteiger partial charge >= 0.3 is 0 Å². The largest absolute Gasteiger partial charge is 0.333 e. The fourth-order valence-electron chi connectivity index (χ4n) is 2.15. The maximum atomic E-state index is 4.50. The maximum Gasteiger partial charge on any atom is 0.0199 e. The topological polar surface area (TPSA) is 50.1 Å². The second-order valence-electron chi connectivity index (χ2n) is 6.05. The van der Waals surface area contributed by atoms with Crippen LogP contribution in [0.25, 0.3) is 0 Å². The van der Waals surface area contributed by atoms with Gasteiger partial charge in [0, 0.05) is 12.6 Å². The van der Waals surface area contributed by atoms with E-state index in [0.29, 0.717) is 0 Å². The normalized spacial score (nSPS) is 13.8. The summed E-state index contributed by atoms with van der Waals surface area (Å²) in [4.78, 5) is 0. The summed E-state index contributed by atoms with van der Waals surface area (Å²) in [6, 6.07) is 0.789. The third kappa shape index (κ3) is 19.1. The first-order valence-electron chi connectivity index (χ1n) is 9.01. The molecule has 3 nitrogen and oxygen atoms in total. The van der Waals surface area contributed by atoms with E-state index in [1.54, 1.807) is 0 Å². The molecule has 0 heterocycles. The molecule has 1 aliphatic carbocycles. The Labute approximate surface area is 145 Å². The van der Waals surface area contributed by atoms with Gasteiger partial charge in [0.15, 0.2) is 0 Å². The lowest BCUT2D eigenvalue weighted by Crippen LogP contribution is -2.33. The van der Waals surface area contributed by atoms with Crippen LogP contribution in [0.15, 0.2) is 36.5 Å². The van der Waals surface area contributed by atoms with E-state index in [0.717, 1.165) is 31.2 Å². The fourth-order valence-corrected chi connectivity index (χ4v) is 2.15. The zero-order valence-electron chi connectivity index (χ0n) is 16.1. The number of hydrogen-bond donors (Lipinski definition) is 3. The molecule has 0 radical (unpaired) electrons. The molecule has 0 amide bonds. The zero-order valence-corrected chi connectivity index (χ0v) is 16.1. The highest BCUT2D eigenvalue weighted by molar-refractivity contribution is 5.12. The Hall–Kier alpha value is -0.900. The Morgan fingerprint density at radius 3 is 2.17 bits per heavy atom. The molecular weight excluding hydrogens is 282 g/mol. The van der Waals surface area contributed by atoms with Gasteiger partial charge in [-0.3, -0.25) is 0 Å². The SMILES string of the molecule is C=CC(=C)CNCCCNC1CCCCC1.CC=C(C)C.CN. The molecule has 0 atom stereocenters. The Morgan fingerprint density at radius 1 is 1.13 bits per heavy atom. The number of allylic oxidation sites excluding steroid dienone is 2. The van der Waals surface area contributed by atoms with E-state index >= 15 is 0 Å². The first-order chi connectivity index (χ1) is 11.1. The van der Waals surface area contributed by atoms with Crippen LogP contribution in [0.4, 0.5) is 0 Å². The Bertz CT molecular complexity index is 298. The van der Waals surface area contributed by atoms with Gasteiger partial charge in [0.2, 0.25) is 0 Å². The highest BCUT2D eigenvalue weighted by Crippen LogP contribution is 2.16. The lowest BCUT2D eigenvalue weighted by Gasteiger charge is -2.22. The molecule has 0 saturated heterocycles. The van der Waals surface area contributed by atoms with E-state index in [2.05, 4.69) is 49.4 Å². The van der Waals surface area contributed by atoms with Crippen LogP contribution in [0.3, 0.4) is 0 Å². The summed E-state index contributed by atoms with van der Waals surface area (Å²) in [7, 11) is 1.50. The predicted molar refractivity (Wildman–Crippen MR) is 107 cm³/mol. The van der Waals surface area contributed by atoms with Crippen LogP contribution in [0.1, 0.15) is 59.3 Å². The van der Waals surface area contributed by atoms with Gasteiger partial charge in [-0.25, -0.2) is 0 Å².